The molecule has 0 aliphatic heterocycles. The second-order valence-corrected chi connectivity index (χ2v) is 6.60. The fourth-order valence-electron chi connectivity index (χ4n) is 2.53. The Labute approximate surface area is 166 Å². The number of rotatable bonds is 7. The molecule has 0 radical (unpaired) electrons. The van der Waals surface area contributed by atoms with Gasteiger partial charge >= 0.3 is 5.97 Å². The molecule has 150 valence electrons. The van der Waals surface area contributed by atoms with E-state index in [4.69, 9.17) is 14.2 Å². The number of carbonyl (C=O) groups excluding carboxylic acids is 3. The van der Waals surface area contributed by atoms with Gasteiger partial charge in [-0.3, -0.25) is 9.59 Å². The molecule has 0 aliphatic rings. The number of methoxy groups -OCH3 is 2. The molecule has 2 amide bonds. The summed E-state index contributed by atoms with van der Waals surface area (Å²) in [5.74, 6) is -0.529. The van der Waals surface area contributed by atoms with Crippen molar-refractivity contribution in [1.29, 1.82) is 0 Å². The first-order valence-corrected chi connectivity index (χ1v) is 9.25. The molecular formula is C19H22N2O6S. The largest absolute Gasteiger partial charge is 0.493 e. The van der Waals surface area contributed by atoms with E-state index in [0.717, 1.165) is 11.3 Å². The SMILES string of the molecule is CCOC(=O)c1c(NC(=O)c2ccc(OC)c(OC)c2)sc(C(=O)NC)c1C. The average Bonchev–Trinajstić information content (AvgIpc) is 3.02. The van der Waals surface area contributed by atoms with Crippen molar-refractivity contribution in [2.24, 2.45) is 0 Å². The molecule has 0 bridgehead atoms. The van der Waals surface area contributed by atoms with E-state index in [1.807, 2.05) is 0 Å². The number of ether oxygens (including phenoxy) is 3. The number of thiophene rings is 1. The maximum Gasteiger partial charge on any atom is 0.341 e. The van der Waals surface area contributed by atoms with Crippen molar-refractivity contribution >= 4 is 34.1 Å². The molecule has 1 aromatic carbocycles. The van der Waals surface area contributed by atoms with E-state index < -0.39 is 11.9 Å². The smallest absolute Gasteiger partial charge is 0.341 e. The van der Waals surface area contributed by atoms with E-state index in [1.165, 1.54) is 27.3 Å². The Hall–Kier alpha value is -3.07. The van der Waals surface area contributed by atoms with Crippen LogP contribution in [0.2, 0.25) is 0 Å². The molecule has 0 saturated carbocycles. The Balaban J connectivity index is 2.43. The van der Waals surface area contributed by atoms with Crippen molar-refractivity contribution in [3.63, 3.8) is 0 Å². The molecule has 0 atom stereocenters. The van der Waals surface area contributed by atoms with Crippen molar-refractivity contribution in [2.75, 3.05) is 33.2 Å². The molecule has 2 rings (SSSR count). The molecule has 0 saturated heterocycles. The molecule has 8 nitrogen and oxygen atoms in total. The third kappa shape index (κ3) is 4.25. The lowest BCUT2D eigenvalue weighted by Crippen LogP contribution is -2.18. The molecular weight excluding hydrogens is 384 g/mol. The van der Waals surface area contributed by atoms with Gasteiger partial charge in [0.05, 0.1) is 31.3 Å². The Morgan fingerprint density at radius 2 is 1.75 bits per heavy atom. The summed E-state index contributed by atoms with van der Waals surface area (Å²) in [6, 6.07) is 4.70. The van der Waals surface area contributed by atoms with Crippen LogP contribution in [0.5, 0.6) is 11.5 Å². The number of carbonyl (C=O) groups is 3. The number of hydrogen-bond donors (Lipinski definition) is 2. The summed E-state index contributed by atoms with van der Waals surface area (Å²) in [6.07, 6.45) is 0. The second-order valence-electron chi connectivity index (χ2n) is 5.58. The van der Waals surface area contributed by atoms with Gasteiger partial charge in [-0.2, -0.15) is 0 Å². The zero-order chi connectivity index (χ0) is 20.8. The van der Waals surface area contributed by atoms with Gasteiger partial charge in [-0.15, -0.1) is 11.3 Å². The number of amides is 2. The van der Waals surface area contributed by atoms with Crippen LogP contribution in [0.4, 0.5) is 5.00 Å². The first kappa shape index (κ1) is 21.2. The highest BCUT2D eigenvalue weighted by molar-refractivity contribution is 7.18. The van der Waals surface area contributed by atoms with Crippen LogP contribution >= 0.6 is 11.3 Å². The third-order valence-corrected chi connectivity index (χ3v) is 5.14. The molecule has 0 spiro atoms. The number of hydrogen-bond acceptors (Lipinski definition) is 7. The van der Waals surface area contributed by atoms with E-state index in [0.29, 0.717) is 27.5 Å². The van der Waals surface area contributed by atoms with Crippen molar-refractivity contribution in [1.82, 2.24) is 5.32 Å². The molecule has 0 unspecified atom stereocenters. The van der Waals surface area contributed by atoms with Gasteiger partial charge in [0.15, 0.2) is 11.5 Å². The van der Waals surface area contributed by atoms with E-state index in [-0.39, 0.29) is 23.1 Å². The average molecular weight is 406 g/mol. The van der Waals surface area contributed by atoms with E-state index in [2.05, 4.69) is 10.6 Å². The Kier molecular flexibility index (Phi) is 7.00. The summed E-state index contributed by atoms with van der Waals surface area (Å²) in [5.41, 5.74) is 0.921. The van der Waals surface area contributed by atoms with Crippen LogP contribution in [-0.4, -0.2) is 45.7 Å². The molecule has 0 aliphatic carbocycles. The topological polar surface area (TPSA) is 103 Å². The van der Waals surface area contributed by atoms with Crippen molar-refractivity contribution in [2.45, 2.75) is 13.8 Å². The van der Waals surface area contributed by atoms with Crippen LogP contribution in [0.15, 0.2) is 18.2 Å². The highest BCUT2D eigenvalue weighted by atomic mass is 32.1. The van der Waals surface area contributed by atoms with Crippen LogP contribution in [0.3, 0.4) is 0 Å². The summed E-state index contributed by atoms with van der Waals surface area (Å²) in [4.78, 5) is 37.5. The Morgan fingerprint density at radius 1 is 1.07 bits per heavy atom. The molecule has 2 N–H and O–H groups in total. The van der Waals surface area contributed by atoms with Gasteiger partial charge in [-0.05, 0) is 37.6 Å². The lowest BCUT2D eigenvalue weighted by Gasteiger charge is -2.10. The van der Waals surface area contributed by atoms with Gasteiger partial charge in [0.25, 0.3) is 11.8 Å². The zero-order valence-corrected chi connectivity index (χ0v) is 17.1. The summed E-state index contributed by atoms with van der Waals surface area (Å²) < 4.78 is 15.5. The molecule has 1 aromatic heterocycles. The van der Waals surface area contributed by atoms with Crippen molar-refractivity contribution in [3.8, 4) is 11.5 Å². The summed E-state index contributed by atoms with van der Waals surface area (Å²) in [5, 5.41) is 5.46. The minimum Gasteiger partial charge on any atom is -0.493 e. The number of esters is 1. The summed E-state index contributed by atoms with van der Waals surface area (Å²) in [7, 11) is 4.46. The Morgan fingerprint density at radius 3 is 2.32 bits per heavy atom. The number of nitrogens with one attached hydrogen (secondary N) is 2. The fourth-order valence-corrected chi connectivity index (χ4v) is 3.67. The summed E-state index contributed by atoms with van der Waals surface area (Å²) in [6.45, 7) is 3.49. The van der Waals surface area contributed by atoms with Crippen LogP contribution < -0.4 is 20.1 Å². The quantitative estimate of drug-likeness (QED) is 0.686. The first-order chi connectivity index (χ1) is 13.4. The normalized spacial score (nSPS) is 10.2. The van der Waals surface area contributed by atoms with Crippen molar-refractivity contribution < 1.29 is 28.6 Å². The first-order valence-electron chi connectivity index (χ1n) is 8.43. The highest BCUT2D eigenvalue weighted by Crippen LogP contribution is 2.34. The van der Waals surface area contributed by atoms with Gasteiger partial charge in [0.2, 0.25) is 0 Å². The van der Waals surface area contributed by atoms with E-state index in [1.54, 1.807) is 26.0 Å². The van der Waals surface area contributed by atoms with Crippen LogP contribution in [0.25, 0.3) is 0 Å². The standard InChI is InChI=1S/C19H22N2O6S/c1-6-27-19(24)14-10(2)15(17(23)20-3)28-18(14)21-16(22)11-7-8-12(25-4)13(9-11)26-5/h7-9H,6H2,1-5H3,(H,20,23)(H,21,22). The molecule has 9 heteroatoms. The third-order valence-electron chi connectivity index (χ3n) is 3.93. The van der Waals surface area contributed by atoms with Gasteiger partial charge in [-0.25, -0.2) is 4.79 Å². The predicted molar refractivity (Wildman–Crippen MR) is 106 cm³/mol. The van der Waals surface area contributed by atoms with Crippen LogP contribution in [0.1, 0.15) is 42.9 Å². The highest BCUT2D eigenvalue weighted by Gasteiger charge is 2.26. The van der Waals surface area contributed by atoms with Gasteiger partial charge in [-0.1, -0.05) is 0 Å². The zero-order valence-electron chi connectivity index (χ0n) is 16.3. The van der Waals surface area contributed by atoms with Gasteiger partial charge in [0.1, 0.15) is 5.00 Å². The molecule has 1 heterocycles. The van der Waals surface area contributed by atoms with Crippen molar-refractivity contribution in [3.05, 3.63) is 39.8 Å². The molecule has 2 aromatic rings. The number of benzene rings is 1. The van der Waals surface area contributed by atoms with Crippen LogP contribution in [-0.2, 0) is 4.74 Å². The van der Waals surface area contributed by atoms with Gasteiger partial charge < -0.3 is 24.8 Å². The van der Waals surface area contributed by atoms with Crippen LogP contribution in [0, 0.1) is 6.92 Å². The second kappa shape index (κ2) is 9.23. The fraction of sp³-hybridized carbons (Fsp3) is 0.316. The van der Waals surface area contributed by atoms with Gasteiger partial charge in [0, 0.05) is 12.6 Å². The van der Waals surface area contributed by atoms with E-state index in [9.17, 15) is 14.4 Å². The lowest BCUT2D eigenvalue weighted by molar-refractivity contribution is 0.0527. The molecule has 0 fully saturated rings. The monoisotopic (exact) mass is 406 g/mol. The maximum atomic E-state index is 12.7. The predicted octanol–water partition coefficient (Wildman–Crippen LogP) is 2.86. The Bertz CT molecular complexity index is 906. The van der Waals surface area contributed by atoms with E-state index >= 15 is 0 Å². The number of anilines is 1. The summed E-state index contributed by atoms with van der Waals surface area (Å²) >= 11 is 1.01. The maximum absolute atomic E-state index is 12.7. The minimum atomic E-state index is -0.603. The minimum absolute atomic E-state index is 0.166. The lowest BCUT2D eigenvalue weighted by atomic mass is 10.1. The molecule has 28 heavy (non-hydrogen) atoms.